The van der Waals surface area contributed by atoms with Crippen LogP contribution in [0.25, 0.3) is 11.0 Å². The number of nitrogens with one attached hydrogen (secondary N) is 1. The quantitative estimate of drug-likeness (QED) is 0.766. The van der Waals surface area contributed by atoms with Crippen molar-refractivity contribution in [1.82, 2.24) is 5.32 Å². The summed E-state index contributed by atoms with van der Waals surface area (Å²) in [5.41, 5.74) is 0.688. The number of hydrogen-bond donors (Lipinski definition) is 2. The van der Waals surface area contributed by atoms with E-state index in [-0.39, 0.29) is 12.3 Å². The normalized spacial score (nSPS) is 11.9. The van der Waals surface area contributed by atoms with E-state index < -0.39 is 10.0 Å². The van der Waals surface area contributed by atoms with Gasteiger partial charge in [0.25, 0.3) is 0 Å². The number of para-hydroxylation sites is 1. The smallest absolute Gasteiger partial charge is 0.210 e. The second kappa shape index (κ2) is 5.60. The van der Waals surface area contributed by atoms with Crippen molar-refractivity contribution in [2.45, 2.75) is 6.54 Å². The second-order valence-corrected chi connectivity index (χ2v) is 5.87. The van der Waals surface area contributed by atoms with Crippen LogP contribution in [0.3, 0.4) is 0 Å². The monoisotopic (exact) mass is 284 g/mol. The summed E-state index contributed by atoms with van der Waals surface area (Å²) >= 11 is 0. The first-order chi connectivity index (χ1) is 8.99. The van der Waals surface area contributed by atoms with Crippen LogP contribution in [0.5, 0.6) is 5.75 Å². The second-order valence-electron chi connectivity index (χ2n) is 4.14. The van der Waals surface area contributed by atoms with Crippen molar-refractivity contribution < 1.29 is 17.6 Å². The van der Waals surface area contributed by atoms with Crippen molar-refractivity contribution in [1.29, 1.82) is 0 Å². The van der Waals surface area contributed by atoms with E-state index in [9.17, 15) is 8.42 Å². The number of nitrogens with two attached hydrogens (primary N) is 1. The fourth-order valence-corrected chi connectivity index (χ4v) is 2.19. The molecule has 2 rings (SSSR count). The van der Waals surface area contributed by atoms with Crippen LogP contribution in [0.15, 0.2) is 28.7 Å². The molecule has 1 aromatic heterocycles. The third kappa shape index (κ3) is 3.69. The standard InChI is InChI=1S/C12H16N2O4S/c1-17-11-4-2-3-9-7-10(18-12(9)11)8-14-5-6-19(13,15)16/h2-4,7,14H,5-6,8H2,1H3,(H2,13,15,16). The van der Waals surface area contributed by atoms with Gasteiger partial charge in [-0.3, -0.25) is 0 Å². The lowest BCUT2D eigenvalue weighted by atomic mass is 10.2. The van der Waals surface area contributed by atoms with Crippen molar-refractivity contribution in [2.24, 2.45) is 5.14 Å². The van der Waals surface area contributed by atoms with Crippen LogP contribution in [0.4, 0.5) is 0 Å². The highest BCUT2D eigenvalue weighted by Gasteiger charge is 2.08. The van der Waals surface area contributed by atoms with E-state index in [0.717, 1.165) is 5.39 Å². The first-order valence-corrected chi connectivity index (χ1v) is 7.48. The number of sulfonamides is 1. The van der Waals surface area contributed by atoms with E-state index >= 15 is 0 Å². The summed E-state index contributed by atoms with van der Waals surface area (Å²) in [6, 6.07) is 7.52. The minimum atomic E-state index is -3.43. The molecule has 0 unspecified atom stereocenters. The van der Waals surface area contributed by atoms with Gasteiger partial charge in [0.2, 0.25) is 10.0 Å². The summed E-state index contributed by atoms with van der Waals surface area (Å²) in [4.78, 5) is 0. The van der Waals surface area contributed by atoms with Crippen LogP contribution >= 0.6 is 0 Å². The Bertz CT molecular complexity index is 663. The van der Waals surface area contributed by atoms with E-state index in [1.807, 2.05) is 24.3 Å². The number of furan rings is 1. The SMILES string of the molecule is COc1cccc2cc(CNCCS(N)(=O)=O)oc12. The highest BCUT2D eigenvalue weighted by Crippen LogP contribution is 2.28. The maximum Gasteiger partial charge on any atom is 0.210 e. The highest BCUT2D eigenvalue weighted by atomic mass is 32.2. The molecule has 3 N–H and O–H groups in total. The van der Waals surface area contributed by atoms with Gasteiger partial charge in [0.15, 0.2) is 11.3 Å². The van der Waals surface area contributed by atoms with Crippen LogP contribution in [-0.2, 0) is 16.6 Å². The molecule has 0 bridgehead atoms. The molecule has 7 heteroatoms. The summed E-state index contributed by atoms with van der Waals surface area (Å²) in [6.45, 7) is 0.723. The number of methoxy groups -OCH3 is 1. The average molecular weight is 284 g/mol. The number of rotatable bonds is 6. The Morgan fingerprint density at radius 1 is 1.42 bits per heavy atom. The van der Waals surface area contributed by atoms with Crippen molar-refractivity contribution in [3.8, 4) is 5.75 Å². The molecule has 0 atom stereocenters. The predicted octanol–water partition coefficient (Wildman–Crippen LogP) is 0.820. The van der Waals surface area contributed by atoms with Crippen LogP contribution in [0, 0.1) is 0 Å². The van der Waals surface area contributed by atoms with Gasteiger partial charge in [-0.25, -0.2) is 13.6 Å². The predicted molar refractivity (Wildman–Crippen MR) is 72.4 cm³/mol. The van der Waals surface area contributed by atoms with E-state index in [1.165, 1.54) is 0 Å². The fraction of sp³-hybridized carbons (Fsp3) is 0.333. The summed E-state index contributed by atoms with van der Waals surface area (Å²) in [7, 11) is -1.84. The average Bonchev–Trinajstić information content (AvgIpc) is 2.76. The maximum atomic E-state index is 10.8. The Balaban J connectivity index is 2.02. The molecule has 104 valence electrons. The van der Waals surface area contributed by atoms with E-state index in [0.29, 0.717) is 23.6 Å². The fourth-order valence-electron chi connectivity index (χ4n) is 1.76. The van der Waals surface area contributed by atoms with Gasteiger partial charge < -0.3 is 14.5 Å². The Morgan fingerprint density at radius 3 is 2.89 bits per heavy atom. The van der Waals surface area contributed by atoms with Crippen LogP contribution < -0.4 is 15.2 Å². The molecule has 1 aromatic carbocycles. The summed E-state index contributed by atoms with van der Waals surface area (Å²) < 4.78 is 32.4. The van der Waals surface area contributed by atoms with Crippen molar-refractivity contribution in [3.63, 3.8) is 0 Å². The number of benzene rings is 1. The molecular formula is C12H16N2O4S. The van der Waals surface area contributed by atoms with Gasteiger partial charge in [0.1, 0.15) is 5.76 Å². The van der Waals surface area contributed by atoms with Gasteiger partial charge in [0.05, 0.1) is 19.4 Å². The van der Waals surface area contributed by atoms with Crippen LogP contribution in [0.2, 0.25) is 0 Å². The van der Waals surface area contributed by atoms with Crippen molar-refractivity contribution >= 4 is 21.0 Å². The van der Waals surface area contributed by atoms with Gasteiger partial charge in [-0.05, 0) is 12.1 Å². The number of ether oxygens (including phenoxy) is 1. The zero-order valence-electron chi connectivity index (χ0n) is 10.5. The van der Waals surface area contributed by atoms with Crippen molar-refractivity contribution in [2.75, 3.05) is 19.4 Å². The third-order valence-electron chi connectivity index (χ3n) is 2.64. The lowest BCUT2D eigenvalue weighted by molar-refractivity contribution is 0.406. The minimum Gasteiger partial charge on any atom is -0.493 e. The molecule has 2 aromatic rings. The minimum absolute atomic E-state index is 0.101. The molecule has 0 spiro atoms. The molecule has 0 amide bonds. The molecular weight excluding hydrogens is 268 g/mol. The topological polar surface area (TPSA) is 94.6 Å². The summed E-state index contributed by atoms with van der Waals surface area (Å²) in [5.74, 6) is 1.29. The van der Waals surface area contributed by atoms with Gasteiger partial charge in [-0.2, -0.15) is 0 Å². The zero-order chi connectivity index (χ0) is 13.9. The van der Waals surface area contributed by atoms with Crippen LogP contribution in [0.1, 0.15) is 5.76 Å². The molecule has 1 heterocycles. The first kappa shape index (κ1) is 13.9. The Kier molecular flexibility index (Phi) is 4.08. The molecule has 0 aliphatic carbocycles. The molecule has 19 heavy (non-hydrogen) atoms. The number of hydrogen-bond acceptors (Lipinski definition) is 5. The van der Waals surface area contributed by atoms with Gasteiger partial charge in [-0.1, -0.05) is 12.1 Å². The first-order valence-electron chi connectivity index (χ1n) is 5.76. The van der Waals surface area contributed by atoms with Gasteiger partial charge >= 0.3 is 0 Å². The summed E-state index contributed by atoms with van der Waals surface area (Å²) in [6.07, 6.45) is 0. The Morgan fingerprint density at radius 2 is 2.21 bits per heavy atom. The molecule has 0 radical (unpaired) electrons. The Hall–Kier alpha value is -1.57. The van der Waals surface area contributed by atoms with Gasteiger partial charge in [-0.15, -0.1) is 0 Å². The van der Waals surface area contributed by atoms with Crippen LogP contribution in [-0.4, -0.2) is 27.8 Å². The molecule has 0 fully saturated rings. The van der Waals surface area contributed by atoms with Crippen molar-refractivity contribution in [3.05, 3.63) is 30.0 Å². The number of primary sulfonamides is 1. The highest BCUT2D eigenvalue weighted by molar-refractivity contribution is 7.89. The van der Waals surface area contributed by atoms with Gasteiger partial charge in [0, 0.05) is 11.9 Å². The lowest BCUT2D eigenvalue weighted by Gasteiger charge is -2.01. The molecule has 0 saturated heterocycles. The molecule has 0 aliphatic heterocycles. The molecule has 0 saturated carbocycles. The van der Waals surface area contributed by atoms with E-state index in [2.05, 4.69) is 5.32 Å². The largest absolute Gasteiger partial charge is 0.493 e. The third-order valence-corrected chi connectivity index (χ3v) is 3.41. The summed E-state index contributed by atoms with van der Waals surface area (Å²) in [5, 5.41) is 8.82. The Labute approximate surface area is 111 Å². The van der Waals surface area contributed by atoms with E-state index in [4.69, 9.17) is 14.3 Å². The number of fused-ring (bicyclic) bond motifs is 1. The van der Waals surface area contributed by atoms with E-state index in [1.54, 1.807) is 7.11 Å². The lowest BCUT2D eigenvalue weighted by Crippen LogP contribution is -2.26. The zero-order valence-corrected chi connectivity index (χ0v) is 11.4. The molecule has 0 aliphatic rings. The maximum absolute atomic E-state index is 10.8. The molecule has 6 nitrogen and oxygen atoms in total.